The number of carboxylic acid groups (broad SMARTS) is 1. The Labute approximate surface area is 120 Å². The number of carbonyl (C=O) groups excluding carboxylic acids is 1. The molecule has 0 spiro atoms. The summed E-state index contributed by atoms with van der Waals surface area (Å²) in [5.74, 6) is -1.09. The predicted octanol–water partition coefficient (Wildman–Crippen LogP) is 1.61. The maximum Gasteiger partial charge on any atom is 0.308 e. The minimum atomic E-state index is -0.787. The first-order valence-electron chi connectivity index (χ1n) is 7.81. The highest BCUT2D eigenvalue weighted by atomic mass is 16.4. The summed E-state index contributed by atoms with van der Waals surface area (Å²) in [5.41, 5.74) is 5.51. The smallest absolute Gasteiger partial charge is 0.308 e. The Bertz CT molecular complexity index is 362. The van der Waals surface area contributed by atoms with Crippen LogP contribution in [0.15, 0.2) is 0 Å². The summed E-state index contributed by atoms with van der Waals surface area (Å²) >= 11 is 0. The van der Waals surface area contributed by atoms with Gasteiger partial charge in [0.15, 0.2) is 0 Å². The van der Waals surface area contributed by atoms with E-state index in [-0.39, 0.29) is 5.91 Å². The third kappa shape index (κ3) is 3.14. The number of hydrogen-bond acceptors (Lipinski definition) is 3. The van der Waals surface area contributed by atoms with Crippen molar-refractivity contribution in [3.63, 3.8) is 0 Å². The summed E-state index contributed by atoms with van der Waals surface area (Å²) in [7, 11) is 0. The van der Waals surface area contributed by atoms with E-state index in [1.54, 1.807) is 4.90 Å². The van der Waals surface area contributed by atoms with Crippen molar-refractivity contribution >= 4 is 11.9 Å². The highest BCUT2D eigenvalue weighted by molar-refractivity contribution is 5.84. The quantitative estimate of drug-likeness (QED) is 0.770. The van der Waals surface area contributed by atoms with Crippen molar-refractivity contribution < 1.29 is 14.7 Å². The second-order valence-corrected chi connectivity index (χ2v) is 6.33. The van der Waals surface area contributed by atoms with Gasteiger partial charge in [0.05, 0.1) is 11.3 Å². The van der Waals surface area contributed by atoms with E-state index < -0.39 is 17.3 Å². The van der Waals surface area contributed by atoms with Crippen LogP contribution in [0.4, 0.5) is 0 Å². The lowest BCUT2D eigenvalue weighted by Gasteiger charge is -2.39. The molecule has 1 heterocycles. The van der Waals surface area contributed by atoms with Crippen LogP contribution >= 0.6 is 0 Å². The van der Waals surface area contributed by atoms with Crippen molar-refractivity contribution in [3.8, 4) is 0 Å². The first kappa shape index (κ1) is 15.3. The van der Waals surface area contributed by atoms with Gasteiger partial charge in [-0.2, -0.15) is 0 Å². The number of aliphatic carboxylic acids is 1. The van der Waals surface area contributed by atoms with Crippen LogP contribution in [-0.4, -0.2) is 41.5 Å². The molecule has 0 aromatic heterocycles. The normalized spacial score (nSPS) is 26.9. The second kappa shape index (κ2) is 6.57. The molecule has 3 N–H and O–H groups in total. The zero-order valence-electron chi connectivity index (χ0n) is 12.1. The molecule has 114 valence electrons. The molecule has 1 aliphatic heterocycles. The van der Waals surface area contributed by atoms with E-state index in [4.69, 9.17) is 10.8 Å². The zero-order valence-corrected chi connectivity index (χ0v) is 12.1. The summed E-state index contributed by atoms with van der Waals surface area (Å²) in [5, 5.41) is 9.15. The molecule has 1 aliphatic carbocycles. The molecule has 2 rings (SSSR count). The third-order valence-electron chi connectivity index (χ3n) is 4.96. The average Bonchev–Trinajstić information content (AvgIpc) is 2.73. The van der Waals surface area contributed by atoms with Gasteiger partial charge in [-0.1, -0.05) is 25.7 Å². The number of rotatable bonds is 3. The van der Waals surface area contributed by atoms with Gasteiger partial charge in [0, 0.05) is 19.6 Å². The maximum absolute atomic E-state index is 12.9. The van der Waals surface area contributed by atoms with Crippen molar-refractivity contribution in [2.75, 3.05) is 19.6 Å². The van der Waals surface area contributed by atoms with E-state index in [2.05, 4.69) is 0 Å². The fourth-order valence-corrected chi connectivity index (χ4v) is 3.61. The molecule has 1 amide bonds. The molecule has 1 saturated heterocycles. The Morgan fingerprint density at radius 2 is 1.80 bits per heavy atom. The molecule has 0 bridgehead atoms. The average molecular weight is 282 g/mol. The topological polar surface area (TPSA) is 83.6 Å². The number of hydrogen-bond donors (Lipinski definition) is 2. The van der Waals surface area contributed by atoms with Crippen molar-refractivity contribution in [1.82, 2.24) is 4.90 Å². The van der Waals surface area contributed by atoms with Gasteiger partial charge in [-0.15, -0.1) is 0 Å². The SMILES string of the molecule is NCC1(C(=O)N2CCC[C@@H](C(=O)O)C2)CCCCCC1. The fraction of sp³-hybridized carbons (Fsp3) is 0.867. The Morgan fingerprint density at radius 3 is 2.35 bits per heavy atom. The molecule has 1 atom stereocenters. The number of nitrogens with two attached hydrogens (primary N) is 1. The number of carbonyl (C=O) groups is 2. The lowest BCUT2D eigenvalue weighted by atomic mass is 9.78. The highest BCUT2D eigenvalue weighted by Gasteiger charge is 2.41. The molecule has 20 heavy (non-hydrogen) atoms. The summed E-state index contributed by atoms with van der Waals surface area (Å²) in [6, 6.07) is 0. The van der Waals surface area contributed by atoms with Crippen LogP contribution in [0.3, 0.4) is 0 Å². The molecule has 0 radical (unpaired) electrons. The molecule has 0 unspecified atom stereocenters. The van der Waals surface area contributed by atoms with Crippen LogP contribution in [0.1, 0.15) is 51.4 Å². The molecule has 2 aliphatic rings. The van der Waals surface area contributed by atoms with Crippen LogP contribution in [0.5, 0.6) is 0 Å². The molecule has 5 heteroatoms. The van der Waals surface area contributed by atoms with Crippen molar-refractivity contribution in [2.45, 2.75) is 51.4 Å². The number of carboxylic acids is 1. The van der Waals surface area contributed by atoms with Gasteiger partial charge in [0.25, 0.3) is 0 Å². The summed E-state index contributed by atoms with van der Waals surface area (Å²) in [6.07, 6.45) is 7.63. The lowest BCUT2D eigenvalue weighted by Crippen LogP contribution is -2.51. The summed E-state index contributed by atoms with van der Waals surface area (Å²) < 4.78 is 0. The Hall–Kier alpha value is -1.10. The third-order valence-corrected chi connectivity index (χ3v) is 4.96. The van der Waals surface area contributed by atoms with Crippen LogP contribution in [0.2, 0.25) is 0 Å². The van der Waals surface area contributed by atoms with Crippen molar-refractivity contribution in [2.24, 2.45) is 17.1 Å². The molecule has 2 fully saturated rings. The van der Waals surface area contributed by atoms with Gasteiger partial charge in [-0.05, 0) is 25.7 Å². The number of piperidine rings is 1. The van der Waals surface area contributed by atoms with Crippen LogP contribution in [-0.2, 0) is 9.59 Å². The Balaban J connectivity index is 2.09. The predicted molar refractivity (Wildman–Crippen MR) is 76.1 cm³/mol. The maximum atomic E-state index is 12.9. The van der Waals surface area contributed by atoms with E-state index in [0.29, 0.717) is 26.1 Å². The minimum Gasteiger partial charge on any atom is -0.481 e. The largest absolute Gasteiger partial charge is 0.481 e. The van der Waals surface area contributed by atoms with Crippen molar-refractivity contribution in [1.29, 1.82) is 0 Å². The summed E-state index contributed by atoms with van der Waals surface area (Å²) in [4.78, 5) is 25.8. The fourth-order valence-electron chi connectivity index (χ4n) is 3.61. The zero-order chi connectivity index (χ0) is 14.6. The van der Waals surface area contributed by atoms with E-state index in [0.717, 1.165) is 32.1 Å². The van der Waals surface area contributed by atoms with Gasteiger partial charge >= 0.3 is 5.97 Å². The standard InChI is InChI=1S/C15H26N2O3/c16-11-15(7-3-1-2-4-8-15)14(20)17-9-5-6-12(10-17)13(18)19/h12H,1-11,16H2,(H,18,19)/t12-/m1/s1. The van der Waals surface area contributed by atoms with E-state index in [1.807, 2.05) is 0 Å². The second-order valence-electron chi connectivity index (χ2n) is 6.33. The van der Waals surface area contributed by atoms with Crippen LogP contribution in [0.25, 0.3) is 0 Å². The monoisotopic (exact) mass is 282 g/mol. The minimum absolute atomic E-state index is 0.104. The highest BCUT2D eigenvalue weighted by Crippen LogP contribution is 2.37. The van der Waals surface area contributed by atoms with Gasteiger partial charge in [0.1, 0.15) is 0 Å². The molecular formula is C15H26N2O3. The van der Waals surface area contributed by atoms with Crippen molar-refractivity contribution in [3.05, 3.63) is 0 Å². The lowest BCUT2D eigenvalue weighted by molar-refractivity contribution is -0.150. The first-order chi connectivity index (χ1) is 9.59. The van der Waals surface area contributed by atoms with Crippen LogP contribution < -0.4 is 5.73 Å². The van der Waals surface area contributed by atoms with E-state index in [1.165, 1.54) is 12.8 Å². The molecule has 0 aromatic carbocycles. The van der Waals surface area contributed by atoms with E-state index in [9.17, 15) is 9.59 Å². The van der Waals surface area contributed by atoms with Gasteiger partial charge < -0.3 is 15.7 Å². The van der Waals surface area contributed by atoms with Gasteiger partial charge in [-0.3, -0.25) is 9.59 Å². The summed E-state index contributed by atoms with van der Waals surface area (Å²) in [6.45, 7) is 1.43. The number of nitrogens with zero attached hydrogens (tertiary/aromatic N) is 1. The molecular weight excluding hydrogens is 256 g/mol. The first-order valence-corrected chi connectivity index (χ1v) is 7.81. The van der Waals surface area contributed by atoms with Gasteiger partial charge in [-0.25, -0.2) is 0 Å². The molecule has 0 aromatic rings. The van der Waals surface area contributed by atoms with E-state index >= 15 is 0 Å². The Kier molecular flexibility index (Phi) is 5.02. The van der Waals surface area contributed by atoms with Gasteiger partial charge in [0.2, 0.25) is 5.91 Å². The Morgan fingerprint density at radius 1 is 1.15 bits per heavy atom. The molecule has 1 saturated carbocycles. The number of likely N-dealkylation sites (tertiary alicyclic amines) is 1. The number of amides is 1. The molecule has 5 nitrogen and oxygen atoms in total. The van der Waals surface area contributed by atoms with Crippen LogP contribution in [0, 0.1) is 11.3 Å².